The normalized spacial score (nSPS) is 18.2. The number of nitrogen functional groups attached to an aromatic ring is 1. The van der Waals surface area contributed by atoms with Crippen LogP contribution in [0.15, 0.2) is 42.7 Å². The van der Waals surface area contributed by atoms with Crippen molar-refractivity contribution in [2.45, 2.75) is 25.6 Å². The predicted octanol–water partition coefficient (Wildman–Crippen LogP) is 2.66. The minimum Gasteiger partial charge on any atom is -0.484 e. The summed E-state index contributed by atoms with van der Waals surface area (Å²) in [6.07, 6.45) is 1.40. The van der Waals surface area contributed by atoms with Gasteiger partial charge in [0.1, 0.15) is 29.8 Å². The number of hydrogen-bond acceptors (Lipinski definition) is 7. The van der Waals surface area contributed by atoms with Gasteiger partial charge in [-0.2, -0.15) is 0 Å². The SMILES string of the molecule is COC[C@H]1C(=O)N(Cc2ccc3c(N)ncnc3c2)C(C)CN1C(=O)COc1ccc(F)c(Cl)c1. The number of fused-ring (bicyclic) bond motifs is 1. The fraction of sp³-hybridized carbons (Fsp3) is 0.333. The van der Waals surface area contributed by atoms with Gasteiger partial charge in [-0.05, 0) is 36.8 Å². The molecule has 1 fully saturated rings. The Bertz CT molecular complexity index is 1260. The van der Waals surface area contributed by atoms with Gasteiger partial charge in [-0.1, -0.05) is 17.7 Å². The molecule has 2 amide bonds. The van der Waals surface area contributed by atoms with Gasteiger partial charge in [-0.3, -0.25) is 9.59 Å². The second kappa shape index (κ2) is 10.4. The van der Waals surface area contributed by atoms with E-state index in [0.717, 1.165) is 17.0 Å². The lowest BCUT2D eigenvalue weighted by molar-refractivity contribution is -0.159. The first-order valence-electron chi connectivity index (χ1n) is 10.9. The number of methoxy groups -OCH3 is 1. The smallest absolute Gasteiger partial charge is 0.261 e. The van der Waals surface area contributed by atoms with Crippen LogP contribution in [-0.4, -0.2) is 70.5 Å². The van der Waals surface area contributed by atoms with Crippen LogP contribution in [0.2, 0.25) is 5.02 Å². The molecule has 1 aliphatic rings. The van der Waals surface area contributed by atoms with Crippen LogP contribution in [0.25, 0.3) is 10.9 Å². The monoisotopic (exact) mass is 501 g/mol. The molecule has 1 unspecified atom stereocenters. The third-order valence-corrected chi connectivity index (χ3v) is 6.21. The number of piperazine rings is 1. The molecular weight excluding hydrogens is 477 g/mol. The zero-order valence-electron chi connectivity index (χ0n) is 19.3. The first kappa shape index (κ1) is 24.6. The topological polar surface area (TPSA) is 111 Å². The average molecular weight is 502 g/mol. The molecule has 3 aromatic rings. The van der Waals surface area contributed by atoms with Crippen molar-refractivity contribution >= 4 is 40.1 Å². The van der Waals surface area contributed by atoms with E-state index in [9.17, 15) is 14.0 Å². The van der Waals surface area contributed by atoms with E-state index in [-0.39, 0.29) is 41.8 Å². The van der Waals surface area contributed by atoms with Crippen LogP contribution in [0.1, 0.15) is 12.5 Å². The molecule has 35 heavy (non-hydrogen) atoms. The summed E-state index contributed by atoms with van der Waals surface area (Å²) in [5, 5.41) is 0.637. The largest absolute Gasteiger partial charge is 0.484 e. The highest BCUT2D eigenvalue weighted by Gasteiger charge is 2.41. The maximum Gasteiger partial charge on any atom is 0.261 e. The van der Waals surface area contributed by atoms with E-state index in [1.165, 1.54) is 30.5 Å². The van der Waals surface area contributed by atoms with Crippen LogP contribution in [0.4, 0.5) is 10.2 Å². The van der Waals surface area contributed by atoms with Gasteiger partial charge >= 0.3 is 0 Å². The van der Waals surface area contributed by atoms with Crippen molar-refractivity contribution < 1.29 is 23.5 Å². The third kappa shape index (κ3) is 5.28. The summed E-state index contributed by atoms with van der Waals surface area (Å²) in [6.45, 7) is 2.23. The van der Waals surface area contributed by atoms with Crippen molar-refractivity contribution in [3.8, 4) is 5.75 Å². The number of ether oxygens (including phenoxy) is 2. The number of nitrogens with two attached hydrogens (primary N) is 1. The van der Waals surface area contributed by atoms with E-state index < -0.39 is 11.9 Å². The highest BCUT2D eigenvalue weighted by molar-refractivity contribution is 6.30. The van der Waals surface area contributed by atoms with E-state index in [0.29, 0.717) is 24.4 Å². The summed E-state index contributed by atoms with van der Waals surface area (Å²) in [6, 6.07) is 8.37. The summed E-state index contributed by atoms with van der Waals surface area (Å²) in [7, 11) is 1.47. The fourth-order valence-corrected chi connectivity index (χ4v) is 4.26. The molecule has 2 N–H and O–H groups in total. The molecule has 0 spiro atoms. The molecule has 1 aromatic heterocycles. The maximum atomic E-state index is 13.4. The number of nitrogens with zero attached hydrogens (tertiary/aromatic N) is 4. The Morgan fingerprint density at radius 1 is 1.26 bits per heavy atom. The number of rotatable bonds is 7. The summed E-state index contributed by atoms with van der Waals surface area (Å²) in [5.41, 5.74) is 7.47. The molecule has 0 radical (unpaired) electrons. The fourth-order valence-electron chi connectivity index (χ4n) is 4.09. The Balaban J connectivity index is 1.48. The van der Waals surface area contributed by atoms with Gasteiger partial charge in [-0.25, -0.2) is 14.4 Å². The molecule has 0 bridgehead atoms. The first-order chi connectivity index (χ1) is 16.8. The molecule has 0 saturated carbocycles. The van der Waals surface area contributed by atoms with Crippen molar-refractivity contribution in [1.82, 2.24) is 19.8 Å². The standard InChI is InChI=1S/C24H25ClFN5O4/c1-14-9-31(22(32)12-35-16-4-6-19(26)18(25)8-16)21(11-34-2)24(33)30(14)10-15-3-5-17-20(7-15)28-13-29-23(17)27/h3-8,13-14,21H,9-12H2,1-2H3,(H2,27,28,29)/t14?,21-/m0/s1. The van der Waals surface area contributed by atoms with Gasteiger partial charge in [-0.15, -0.1) is 0 Å². The Morgan fingerprint density at radius 3 is 2.80 bits per heavy atom. The highest BCUT2D eigenvalue weighted by atomic mass is 35.5. The van der Waals surface area contributed by atoms with E-state index in [1.54, 1.807) is 4.90 Å². The number of halogens is 2. The van der Waals surface area contributed by atoms with Crippen molar-refractivity contribution in [3.63, 3.8) is 0 Å². The molecule has 4 rings (SSSR count). The summed E-state index contributed by atoms with van der Waals surface area (Å²) in [4.78, 5) is 37.8. The number of aromatic nitrogens is 2. The number of benzene rings is 2. The summed E-state index contributed by atoms with van der Waals surface area (Å²) in [5.74, 6) is -0.546. The Morgan fingerprint density at radius 2 is 2.06 bits per heavy atom. The second-order valence-corrected chi connectivity index (χ2v) is 8.71. The van der Waals surface area contributed by atoms with Crippen LogP contribution in [0, 0.1) is 5.82 Å². The van der Waals surface area contributed by atoms with E-state index in [1.807, 2.05) is 25.1 Å². The molecule has 1 aliphatic heterocycles. The summed E-state index contributed by atoms with van der Waals surface area (Å²) < 4.78 is 24.1. The van der Waals surface area contributed by atoms with Crippen LogP contribution in [0.5, 0.6) is 5.75 Å². The molecule has 0 aliphatic carbocycles. The minimum absolute atomic E-state index is 0.0393. The predicted molar refractivity (Wildman–Crippen MR) is 128 cm³/mol. The van der Waals surface area contributed by atoms with Gasteiger partial charge in [0.05, 0.1) is 17.1 Å². The molecule has 11 heteroatoms. The second-order valence-electron chi connectivity index (χ2n) is 8.31. The third-order valence-electron chi connectivity index (χ3n) is 5.92. The van der Waals surface area contributed by atoms with Crippen LogP contribution in [-0.2, 0) is 20.9 Å². The Hall–Kier alpha value is -3.50. The average Bonchev–Trinajstić information content (AvgIpc) is 2.84. The lowest BCUT2D eigenvalue weighted by Gasteiger charge is -2.44. The van der Waals surface area contributed by atoms with Crippen molar-refractivity contribution in [1.29, 1.82) is 0 Å². The molecule has 1 saturated heterocycles. The lowest BCUT2D eigenvalue weighted by atomic mass is 10.0. The number of carbonyl (C=O) groups is 2. The zero-order valence-corrected chi connectivity index (χ0v) is 20.0. The first-order valence-corrected chi connectivity index (χ1v) is 11.3. The molecular formula is C24H25ClFN5O4. The highest BCUT2D eigenvalue weighted by Crippen LogP contribution is 2.24. The number of carbonyl (C=O) groups excluding carboxylic acids is 2. The lowest BCUT2D eigenvalue weighted by Crippen LogP contribution is -2.63. The maximum absolute atomic E-state index is 13.4. The Kier molecular flexibility index (Phi) is 7.32. The van der Waals surface area contributed by atoms with Gasteiger partial charge < -0.3 is 25.0 Å². The van der Waals surface area contributed by atoms with Gasteiger partial charge in [0.2, 0.25) is 5.91 Å². The molecule has 2 heterocycles. The van der Waals surface area contributed by atoms with Crippen LogP contribution in [0.3, 0.4) is 0 Å². The van der Waals surface area contributed by atoms with Crippen LogP contribution < -0.4 is 10.5 Å². The number of anilines is 1. The molecule has 184 valence electrons. The van der Waals surface area contributed by atoms with E-state index >= 15 is 0 Å². The van der Waals surface area contributed by atoms with Gasteiger partial charge in [0.15, 0.2) is 6.61 Å². The van der Waals surface area contributed by atoms with Crippen molar-refractivity contribution in [3.05, 3.63) is 59.1 Å². The van der Waals surface area contributed by atoms with Crippen LogP contribution >= 0.6 is 11.6 Å². The summed E-state index contributed by atoms with van der Waals surface area (Å²) >= 11 is 5.77. The van der Waals surface area contributed by atoms with Gasteiger partial charge in [0.25, 0.3) is 5.91 Å². The molecule has 2 atom stereocenters. The zero-order chi connectivity index (χ0) is 25.1. The van der Waals surface area contributed by atoms with Crippen molar-refractivity contribution in [2.75, 3.05) is 32.6 Å². The van der Waals surface area contributed by atoms with Gasteiger partial charge in [0, 0.05) is 37.7 Å². The number of hydrogen-bond donors (Lipinski definition) is 1. The Labute approximate surface area is 206 Å². The quantitative estimate of drug-likeness (QED) is 0.529. The van der Waals surface area contributed by atoms with Crippen molar-refractivity contribution in [2.24, 2.45) is 0 Å². The van der Waals surface area contributed by atoms with E-state index in [2.05, 4.69) is 9.97 Å². The van der Waals surface area contributed by atoms with E-state index in [4.69, 9.17) is 26.8 Å². The minimum atomic E-state index is -0.803. The number of amides is 2. The molecule has 9 nitrogen and oxygen atoms in total. The molecule has 2 aromatic carbocycles.